The number of aromatic nitrogens is 1. The van der Waals surface area contributed by atoms with Crippen LogP contribution in [0.15, 0.2) is 47.6 Å². The van der Waals surface area contributed by atoms with Crippen LogP contribution in [0.25, 0.3) is 0 Å². The topological polar surface area (TPSA) is 52.6 Å². The normalized spacial score (nSPS) is 12.0. The SMILES string of the molecule is CN=C(NCCc1ccc(C(F)(F)F)cc1)NCc1cccnc1N(C)C. The standard InChI is InChI=1S/C19H24F3N5/c1-23-18(26-13-15-5-4-11-24-17(15)27(2)3)25-12-10-14-6-8-16(9-7-14)19(20,21)22/h4-9,11H,10,12-13H2,1-3H3,(H2,23,25,26). The van der Waals surface area contributed by atoms with E-state index in [9.17, 15) is 13.2 Å². The maximum absolute atomic E-state index is 12.6. The predicted molar refractivity (Wildman–Crippen MR) is 102 cm³/mol. The fraction of sp³-hybridized carbons (Fsp3) is 0.368. The number of pyridine rings is 1. The number of halogens is 3. The minimum atomic E-state index is -4.31. The zero-order valence-electron chi connectivity index (χ0n) is 15.6. The van der Waals surface area contributed by atoms with Gasteiger partial charge in [0.2, 0.25) is 0 Å². The zero-order valence-corrected chi connectivity index (χ0v) is 15.6. The Balaban J connectivity index is 1.84. The molecule has 0 radical (unpaired) electrons. The van der Waals surface area contributed by atoms with E-state index in [-0.39, 0.29) is 0 Å². The summed E-state index contributed by atoms with van der Waals surface area (Å²) in [5, 5.41) is 6.38. The molecule has 0 aliphatic heterocycles. The van der Waals surface area contributed by atoms with Crippen molar-refractivity contribution >= 4 is 11.8 Å². The molecule has 1 aromatic carbocycles. The molecule has 1 heterocycles. The van der Waals surface area contributed by atoms with Crippen molar-refractivity contribution in [3.63, 3.8) is 0 Å². The Labute approximate surface area is 157 Å². The number of hydrogen-bond acceptors (Lipinski definition) is 3. The van der Waals surface area contributed by atoms with E-state index in [4.69, 9.17) is 0 Å². The first-order valence-corrected chi connectivity index (χ1v) is 8.53. The van der Waals surface area contributed by atoms with Crippen LogP contribution in [0.3, 0.4) is 0 Å². The molecule has 146 valence electrons. The summed E-state index contributed by atoms with van der Waals surface area (Å²) in [4.78, 5) is 10.5. The highest BCUT2D eigenvalue weighted by molar-refractivity contribution is 5.79. The molecule has 0 bridgehead atoms. The lowest BCUT2D eigenvalue weighted by molar-refractivity contribution is -0.137. The van der Waals surface area contributed by atoms with Crippen molar-refractivity contribution in [1.82, 2.24) is 15.6 Å². The number of rotatable bonds is 6. The Morgan fingerprint density at radius 1 is 1.11 bits per heavy atom. The van der Waals surface area contributed by atoms with Gasteiger partial charge in [0.1, 0.15) is 5.82 Å². The molecule has 2 rings (SSSR count). The van der Waals surface area contributed by atoms with Gasteiger partial charge in [0.15, 0.2) is 5.96 Å². The van der Waals surface area contributed by atoms with E-state index in [0.717, 1.165) is 29.1 Å². The number of nitrogens with zero attached hydrogens (tertiary/aromatic N) is 3. The van der Waals surface area contributed by atoms with Gasteiger partial charge >= 0.3 is 6.18 Å². The Hall–Kier alpha value is -2.77. The summed E-state index contributed by atoms with van der Waals surface area (Å²) in [6.07, 6.45) is -1.97. The maximum atomic E-state index is 12.6. The van der Waals surface area contributed by atoms with E-state index < -0.39 is 11.7 Å². The fourth-order valence-corrected chi connectivity index (χ4v) is 2.56. The largest absolute Gasteiger partial charge is 0.416 e. The van der Waals surface area contributed by atoms with Crippen LogP contribution in [0.5, 0.6) is 0 Å². The molecule has 0 amide bonds. The van der Waals surface area contributed by atoms with Gasteiger partial charge < -0.3 is 15.5 Å². The first-order valence-electron chi connectivity index (χ1n) is 8.53. The molecule has 0 fully saturated rings. The second kappa shape index (κ2) is 9.25. The average Bonchev–Trinajstić information content (AvgIpc) is 2.64. The molecule has 0 aliphatic rings. The van der Waals surface area contributed by atoms with E-state index in [2.05, 4.69) is 20.6 Å². The molecular weight excluding hydrogens is 355 g/mol. The van der Waals surface area contributed by atoms with Crippen LogP contribution in [0.2, 0.25) is 0 Å². The van der Waals surface area contributed by atoms with Crippen molar-refractivity contribution in [2.75, 3.05) is 32.6 Å². The summed E-state index contributed by atoms with van der Waals surface area (Å²) in [6, 6.07) is 9.08. The monoisotopic (exact) mass is 379 g/mol. The highest BCUT2D eigenvalue weighted by Gasteiger charge is 2.29. The van der Waals surface area contributed by atoms with Crippen LogP contribution in [-0.2, 0) is 19.1 Å². The Bertz CT molecular complexity index is 755. The lowest BCUT2D eigenvalue weighted by atomic mass is 10.1. The number of anilines is 1. The molecule has 27 heavy (non-hydrogen) atoms. The van der Waals surface area contributed by atoms with Gasteiger partial charge in [-0.15, -0.1) is 0 Å². The summed E-state index contributed by atoms with van der Waals surface area (Å²) < 4.78 is 37.7. The average molecular weight is 379 g/mol. The number of guanidine groups is 1. The molecule has 5 nitrogen and oxygen atoms in total. The van der Waals surface area contributed by atoms with Gasteiger partial charge in [-0.1, -0.05) is 18.2 Å². The van der Waals surface area contributed by atoms with Crippen LogP contribution < -0.4 is 15.5 Å². The molecule has 8 heteroatoms. The lowest BCUT2D eigenvalue weighted by Crippen LogP contribution is -2.38. The Morgan fingerprint density at radius 3 is 2.41 bits per heavy atom. The second-order valence-corrected chi connectivity index (χ2v) is 6.18. The zero-order chi connectivity index (χ0) is 19.9. The van der Waals surface area contributed by atoms with Gasteiger partial charge in [0.25, 0.3) is 0 Å². The smallest absolute Gasteiger partial charge is 0.362 e. The summed E-state index contributed by atoms with van der Waals surface area (Å²) in [5.74, 6) is 1.50. The fourth-order valence-electron chi connectivity index (χ4n) is 2.56. The summed E-state index contributed by atoms with van der Waals surface area (Å²) >= 11 is 0. The molecule has 2 N–H and O–H groups in total. The quantitative estimate of drug-likeness (QED) is 0.598. The minimum Gasteiger partial charge on any atom is -0.362 e. The van der Waals surface area contributed by atoms with E-state index in [1.54, 1.807) is 13.2 Å². The third-order valence-corrected chi connectivity index (χ3v) is 3.95. The van der Waals surface area contributed by atoms with Gasteiger partial charge in [-0.05, 0) is 30.2 Å². The van der Waals surface area contributed by atoms with E-state index in [1.165, 1.54) is 12.1 Å². The maximum Gasteiger partial charge on any atom is 0.416 e. The molecule has 1 aromatic heterocycles. The number of aliphatic imine (C=N–C) groups is 1. The van der Waals surface area contributed by atoms with Crippen molar-refractivity contribution < 1.29 is 13.2 Å². The van der Waals surface area contributed by atoms with Crippen LogP contribution >= 0.6 is 0 Å². The van der Waals surface area contributed by atoms with Crippen LogP contribution in [0.4, 0.5) is 19.0 Å². The number of nitrogens with one attached hydrogen (secondary N) is 2. The van der Waals surface area contributed by atoms with Gasteiger partial charge in [0, 0.05) is 46.0 Å². The van der Waals surface area contributed by atoms with Crippen molar-refractivity contribution in [2.24, 2.45) is 4.99 Å². The second-order valence-electron chi connectivity index (χ2n) is 6.18. The summed E-state index contributed by atoms with van der Waals surface area (Å²) in [7, 11) is 5.54. The van der Waals surface area contributed by atoms with Crippen molar-refractivity contribution in [1.29, 1.82) is 0 Å². The van der Waals surface area contributed by atoms with Crippen LogP contribution in [0, 0.1) is 0 Å². The highest BCUT2D eigenvalue weighted by Crippen LogP contribution is 2.29. The Kier molecular flexibility index (Phi) is 7.04. The van der Waals surface area contributed by atoms with Crippen molar-refractivity contribution in [2.45, 2.75) is 19.1 Å². The molecule has 0 unspecified atom stereocenters. The Morgan fingerprint density at radius 2 is 1.81 bits per heavy atom. The number of hydrogen-bond donors (Lipinski definition) is 2. The highest BCUT2D eigenvalue weighted by atomic mass is 19.4. The molecular formula is C19H24F3N5. The lowest BCUT2D eigenvalue weighted by Gasteiger charge is -2.17. The van der Waals surface area contributed by atoms with Gasteiger partial charge in [-0.2, -0.15) is 13.2 Å². The molecule has 0 aliphatic carbocycles. The van der Waals surface area contributed by atoms with Gasteiger partial charge in [-0.25, -0.2) is 4.98 Å². The van der Waals surface area contributed by atoms with Crippen molar-refractivity contribution in [3.05, 3.63) is 59.3 Å². The van der Waals surface area contributed by atoms with Gasteiger partial charge in [0.05, 0.1) is 5.56 Å². The molecule has 2 aromatic rings. The molecule has 0 saturated carbocycles. The van der Waals surface area contributed by atoms with E-state index in [1.807, 2.05) is 31.1 Å². The summed E-state index contributed by atoms with van der Waals surface area (Å²) in [6.45, 7) is 1.11. The van der Waals surface area contributed by atoms with Gasteiger partial charge in [-0.3, -0.25) is 4.99 Å². The summed E-state index contributed by atoms with van der Waals surface area (Å²) in [5.41, 5.74) is 1.23. The molecule has 0 spiro atoms. The minimum absolute atomic E-state index is 0.554. The third-order valence-electron chi connectivity index (χ3n) is 3.95. The van der Waals surface area contributed by atoms with Crippen molar-refractivity contribution in [3.8, 4) is 0 Å². The number of alkyl halides is 3. The third kappa shape index (κ3) is 6.16. The van der Waals surface area contributed by atoms with Crippen LogP contribution in [-0.4, -0.2) is 38.6 Å². The molecule has 0 saturated heterocycles. The van der Waals surface area contributed by atoms with E-state index in [0.29, 0.717) is 25.5 Å². The molecule has 0 atom stereocenters. The van der Waals surface area contributed by atoms with E-state index >= 15 is 0 Å². The first kappa shape index (κ1) is 20.5. The predicted octanol–water partition coefficient (Wildman–Crippen LogP) is 3.07. The van der Waals surface area contributed by atoms with Crippen LogP contribution in [0.1, 0.15) is 16.7 Å². The number of benzene rings is 1. The first-order chi connectivity index (χ1) is 12.8.